The third-order valence-electron chi connectivity index (χ3n) is 3.71. The Morgan fingerprint density at radius 2 is 1.96 bits per heavy atom. The number of nitro groups is 1. The number of nitro benzene ring substituents is 1. The molecule has 0 saturated heterocycles. The molecule has 7 nitrogen and oxygen atoms in total. The second-order valence-electron chi connectivity index (χ2n) is 5.46. The highest BCUT2D eigenvalue weighted by molar-refractivity contribution is 9.10. The van der Waals surface area contributed by atoms with Crippen molar-refractivity contribution in [1.82, 2.24) is 15.0 Å². The van der Waals surface area contributed by atoms with Crippen LogP contribution in [0.4, 0.5) is 5.69 Å². The predicted molar refractivity (Wildman–Crippen MR) is 100 cm³/mol. The number of aromatic nitrogens is 3. The maximum Gasteiger partial charge on any atom is 0.270 e. The second kappa shape index (κ2) is 7.40. The summed E-state index contributed by atoms with van der Waals surface area (Å²) in [7, 11) is 0. The van der Waals surface area contributed by atoms with Gasteiger partial charge in [-0.15, -0.1) is 5.10 Å². The van der Waals surface area contributed by atoms with Crippen LogP contribution in [0.5, 0.6) is 0 Å². The van der Waals surface area contributed by atoms with Crippen LogP contribution in [-0.4, -0.2) is 25.7 Å². The minimum Gasteiger partial charge on any atom is -0.287 e. The molecule has 8 heteroatoms. The normalized spacial score (nSPS) is 11.0. The fraction of sp³-hybridized carbons (Fsp3) is 0.0556. The monoisotopic (exact) mass is 412 g/mol. The van der Waals surface area contributed by atoms with Crippen LogP contribution in [0.15, 0.2) is 59.1 Å². The Balaban J connectivity index is 1.84. The molecule has 3 aromatic rings. The van der Waals surface area contributed by atoms with Crippen LogP contribution in [0, 0.1) is 17.0 Å². The Labute approximate surface area is 157 Å². The smallest absolute Gasteiger partial charge is 0.270 e. The van der Waals surface area contributed by atoms with E-state index in [1.807, 2.05) is 24.3 Å². The number of non-ortho nitro benzene ring substituents is 1. The Morgan fingerprint density at radius 3 is 2.65 bits per heavy atom. The van der Waals surface area contributed by atoms with E-state index < -0.39 is 4.92 Å². The average Bonchev–Trinajstić information content (AvgIpc) is 3.02. The molecule has 0 aliphatic rings. The van der Waals surface area contributed by atoms with Crippen molar-refractivity contribution >= 4 is 33.5 Å². The first-order chi connectivity index (χ1) is 12.5. The van der Waals surface area contributed by atoms with Gasteiger partial charge in [-0.05, 0) is 42.8 Å². The molecule has 0 saturated carbocycles. The molecular weight excluding hydrogens is 400 g/mol. The van der Waals surface area contributed by atoms with Crippen molar-refractivity contribution in [3.8, 4) is 5.69 Å². The van der Waals surface area contributed by atoms with Crippen LogP contribution >= 0.6 is 15.9 Å². The highest BCUT2D eigenvalue weighted by Gasteiger charge is 2.15. The van der Waals surface area contributed by atoms with Gasteiger partial charge in [0.2, 0.25) is 5.78 Å². The maximum absolute atomic E-state index is 12.4. The van der Waals surface area contributed by atoms with Crippen molar-refractivity contribution in [2.24, 2.45) is 0 Å². The van der Waals surface area contributed by atoms with Crippen molar-refractivity contribution in [2.45, 2.75) is 6.92 Å². The first-order valence-electron chi connectivity index (χ1n) is 7.61. The molecule has 0 aliphatic carbocycles. The molecule has 0 atom stereocenters. The molecule has 1 heterocycles. The van der Waals surface area contributed by atoms with Crippen molar-refractivity contribution in [1.29, 1.82) is 0 Å². The largest absolute Gasteiger partial charge is 0.287 e. The third-order valence-corrected chi connectivity index (χ3v) is 4.24. The molecular formula is C18H13BrN4O3. The highest BCUT2D eigenvalue weighted by Crippen LogP contribution is 2.17. The summed E-state index contributed by atoms with van der Waals surface area (Å²) in [5.74, 6) is -0.322. The lowest BCUT2D eigenvalue weighted by atomic mass is 10.1. The summed E-state index contributed by atoms with van der Waals surface area (Å²) >= 11 is 3.37. The van der Waals surface area contributed by atoms with Gasteiger partial charge in [-0.2, -0.15) is 0 Å². The van der Waals surface area contributed by atoms with Crippen LogP contribution < -0.4 is 0 Å². The molecule has 1 aromatic heterocycles. The molecule has 0 bridgehead atoms. The second-order valence-corrected chi connectivity index (χ2v) is 6.38. The number of ketones is 1. The topological polar surface area (TPSA) is 90.9 Å². The van der Waals surface area contributed by atoms with E-state index in [4.69, 9.17) is 0 Å². The van der Waals surface area contributed by atoms with Gasteiger partial charge < -0.3 is 0 Å². The quantitative estimate of drug-likeness (QED) is 0.271. The van der Waals surface area contributed by atoms with Crippen molar-refractivity contribution in [3.63, 3.8) is 0 Å². The lowest BCUT2D eigenvalue weighted by Gasteiger charge is -2.03. The number of carbonyl (C=O) groups excluding carboxylic acids is 1. The van der Waals surface area contributed by atoms with Gasteiger partial charge in [0.25, 0.3) is 5.69 Å². The van der Waals surface area contributed by atoms with Gasteiger partial charge in [0.05, 0.1) is 16.3 Å². The zero-order valence-electron chi connectivity index (χ0n) is 13.7. The number of hydrogen-bond donors (Lipinski definition) is 0. The maximum atomic E-state index is 12.4. The highest BCUT2D eigenvalue weighted by atomic mass is 79.9. The molecule has 0 aliphatic heterocycles. The number of rotatable bonds is 5. The summed E-state index contributed by atoms with van der Waals surface area (Å²) in [6.07, 6.45) is 2.86. The molecule has 26 heavy (non-hydrogen) atoms. The predicted octanol–water partition coefficient (Wildman–Crippen LogP) is 4.14. The molecule has 0 radical (unpaired) electrons. The summed E-state index contributed by atoms with van der Waals surface area (Å²) < 4.78 is 2.52. The van der Waals surface area contributed by atoms with E-state index in [1.165, 1.54) is 24.3 Å². The molecule has 0 unspecified atom stereocenters. The van der Waals surface area contributed by atoms with E-state index in [0.717, 1.165) is 10.2 Å². The third kappa shape index (κ3) is 3.75. The zero-order valence-corrected chi connectivity index (χ0v) is 15.3. The van der Waals surface area contributed by atoms with Gasteiger partial charge in [-0.25, -0.2) is 4.68 Å². The summed E-state index contributed by atoms with van der Waals surface area (Å²) in [5.41, 5.74) is 2.16. The van der Waals surface area contributed by atoms with Gasteiger partial charge in [-0.3, -0.25) is 14.9 Å². The molecule has 0 N–H and O–H groups in total. The van der Waals surface area contributed by atoms with E-state index in [2.05, 4.69) is 26.2 Å². The Kier molecular flexibility index (Phi) is 5.04. The van der Waals surface area contributed by atoms with Gasteiger partial charge in [0, 0.05) is 16.6 Å². The fourth-order valence-corrected chi connectivity index (χ4v) is 2.64. The number of carbonyl (C=O) groups is 1. The van der Waals surface area contributed by atoms with Crippen molar-refractivity contribution < 1.29 is 9.72 Å². The SMILES string of the molecule is Cc1c(C(=O)/C=C/c2cccc([N+](=O)[O-])c2)nnn1-c1ccc(Br)cc1. The fourth-order valence-electron chi connectivity index (χ4n) is 2.38. The number of benzene rings is 2. The van der Waals surface area contributed by atoms with E-state index in [0.29, 0.717) is 11.3 Å². The summed E-state index contributed by atoms with van der Waals surface area (Å²) in [6.45, 7) is 1.76. The van der Waals surface area contributed by atoms with Gasteiger partial charge in [-0.1, -0.05) is 39.4 Å². The van der Waals surface area contributed by atoms with E-state index in [1.54, 1.807) is 23.7 Å². The summed E-state index contributed by atoms with van der Waals surface area (Å²) in [4.78, 5) is 22.7. The zero-order chi connectivity index (χ0) is 18.7. The Morgan fingerprint density at radius 1 is 1.23 bits per heavy atom. The standard InChI is InChI=1S/C18H13BrN4O3/c1-12-18(20-21-22(12)15-8-6-14(19)7-9-15)17(24)10-5-13-3-2-4-16(11-13)23(25)26/h2-11H,1H3/b10-5+. The molecule has 0 amide bonds. The van der Waals surface area contributed by atoms with Crippen LogP contribution in [0.25, 0.3) is 11.8 Å². The lowest BCUT2D eigenvalue weighted by molar-refractivity contribution is -0.384. The van der Waals surface area contributed by atoms with Gasteiger partial charge >= 0.3 is 0 Å². The number of halogens is 1. The van der Waals surface area contributed by atoms with Crippen molar-refractivity contribution in [2.75, 3.05) is 0 Å². The molecule has 3 rings (SSSR count). The minimum absolute atomic E-state index is 0.0306. The van der Waals surface area contributed by atoms with E-state index in [-0.39, 0.29) is 17.2 Å². The lowest BCUT2D eigenvalue weighted by Crippen LogP contribution is -2.01. The van der Waals surface area contributed by atoms with Crippen LogP contribution in [0.1, 0.15) is 21.7 Å². The molecule has 0 fully saturated rings. The number of allylic oxidation sites excluding steroid dienone is 1. The average molecular weight is 413 g/mol. The number of hydrogen-bond acceptors (Lipinski definition) is 5. The van der Waals surface area contributed by atoms with Crippen LogP contribution in [0.2, 0.25) is 0 Å². The van der Waals surface area contributed by atoms with E-state index in [9.17, 15) is 14.9 Å². The first-order valence-corrected chi connectivity index (χ1v) is 8.40. The minimum atomic E-state index is -0.479. The van der Waals surface area contributed by atoms with Crippen molar-refractivity contribution in [3.05, 3.63) is 86.1 Å². The van der Waals surface area contributed by atoms with Gasteiger partial charge in [0.15, 0.2) is 5.69 Å². The van der Waals surface area contributed by atoms with Gasteiger partial charge in [0.1, 0.15) is 0 Å². The Bertz CT molecular complexity index is 1010. The molecule has 0 spiro atoms. The van der Waals surface area contributed by atoms with Crippen LogP contribution in [0.3, 0.4) is 0 Å². The van der Waals surface area contributed by atoms with E-state index >= 15 is 0 Å². The first kappa shape index (κ1) is 17.7. The summed E-state index contributed by atoms with van der Waals surface area (Å²) in [6, 6.07) is 13.5. The summed E-state index contributed by atoms with van der Waals surface area (Å²) in [5, 5.41) is 18.8. The number of nitrogens with zero attached hydrogens (tertiary/aromatic N) is 4. The molecule has 2 aromatic carbocycles. The Hall–Kier alpha value is -3.13. The molecule has 130 valence electrons. The van der Waals surface area contributed by atoms with Crippen LogP contribution in [-0.2, 0) is 0 Å².